The highest BCUT2D eigenvalue weighted by molar-refractivity contribution is 6.01. The number of amides is 3. The number of rotatable bonds is 9. The van der Waals surface area contributed by atoms with Crippen molar-refractivity contribution in [1.82, 2.24) is 15.2 Å². The molecular weight excluding hydrogens is 486 g/mol. The van der Waals surface area contributed by atoms with E-state index in [1.807, 2.05) is 11.0 Å². The number of aliphatic carboxylic acids is 1. The number of nitrogens with one attached hydrogen (secondary N) is 2. The third-order valence-corrected chi connectivity index (χ3v) is 7.31. The van der Waals surface area contributed by atoms with Crippen LogP contribution in [0.3, 0.4) is 0 Å². The van der Waals surface area contributed by atoms with Crippen LogP contribution in [0.15, 0.2) is 42.7 Å². The van der Waals surface area contributed by atoms with Crippen molar-refractivity contribution in [3.63, 3.8) is 0 Å². The highest BCUT2D eigenvalue weighted by atomic mass is 16.4. The summed E-state index contributed by atoms with van der Waals surface area (Å²) in [4.78, 5) is 58.1. The molecule has 1 unspecified atom stereocenters. The summed E-state index contributed by atoms with van der Waals surface area (Å²) < 4.78 is 0. The first kappa shape index (κ1) is 25.7. The van der Waals surface area contributed by atoms with Gasteiger partial charge in [-0.2, -0.15) is 0 Å². The van der Waals surface area contributed by atoms with Crippen molar-refractivity contribution in [2.24, 2.45) is 11.8 Å². The molecule has 1 saturated heterocycles. The lowest BCUT2D eigenvalue weighted by Crippen LogP contribution is -2.36. The molecule has 3 aliphatic rings. The van der Waals surface area contributed by atoms with Gasteiger partial charge in [-0.1, -0.05) is 6.07 Å². The van der Waals surface area contributed by atoms with Crippen molar-refractivity contribution < 1.29 is 24.3 Å². The molecule has 0 bridgehead atoms. The predicted molar refractivity (Wildman–Crippen MR) is 141 cm³/mol. The molecular formula is C28H33N5O5. The number of nitrogens with zero attached hydrogens (tertiary/aromatic N) is 3. The third kappa shape index (κ3) is 6.30. The molecule has 2 saturated carbocycles. The summed E-state index contributed by atoms with van der Waals surface area (Å²) in [7, 11) is 0. The maximum Gasteiger partial charge on any atom is 0.305 e. The average molecular weight is 520 g/mol. The van der Waals surface area contributed by atoms with E-state index in [1.165, 1.54) is 6.20 Å². The molecule has 1 aromatic heterocycles. The zero-order valence-corrected chi connectivity index (χ0v) is 21.3. The van der Waals surface area contributed by atoms with Crippen molar-refractivity contribution in [1.29, 1.82) is 0 Å². The number of anilines is 2. The minimum Gasteiger partial charge on any atom is -0.481 e. The lowest BCUT2D eigenvalue weighted by molar-refractivity contribution is -0.137. The Labute approximate surface area is 221 Å². The number of pyridine rings is 1. The van der Waals surface area contributed by atoms with Gasteiger partial charge in [-0.15, -0.1) is 0 Å². The third-order valence-electron chi connectivity index (χ3n) is 7.31. The van der Waals surface area contributed by atoms with Crippen LogP contribution in [-0.2, 0) is 14.4 Å². The number of carboxylic acids is 1. The van der Waals surface area contributed by atoms with E-state index >= 15 is 0 Å². The zero-order chi connectivity index (χ0) is 26.6. The van der Waals surface area contributed by atoms with Crippen molar-refractivity contribution in [3.05, 3.63) is 53.9 Å². The number of aromatic nitrogens is 1. The van der Waals surface area contributed by atoms with E-state index in [9.17, 15) is 24.3 Å². The van der Waals surface area contributed by atoms with Crippen LogP contribution >= 0.6 is 0 Å². The SMILES string of the molecule is O=C(O)CC(NC(=O)c1ccc(N2CCCN(C(=O)C3CC3)CC2)c(NC(=O)C2CC2)c1)c1cccnc1. The van der Waals surface area contributed by atoms with Gasteiger partial charge in [-0.3, -0.25) is 24.2 Å². The topological polar surface area (TPSA) is 132 Å². The summed E-state index contributed by atoms with van der Waals surface area (Å²) in [5.41, 5.74) is 2.27. The summed E-state index contributed by atoms with van der Waals surface area (Å²) in [6.45, 7) is 2.71. The number of hydrogen-bond donors (Lipinski definition) is 3. The van der Waals surface area contributed by atoms with Gasteiger partial charge in [0.2, 0.25) is 11.8 Å². The van der Waals surface area contributed by atoms with Crippen molar-refractivity contribution in [2.45, 2.75) is 44.6 Å². The van der Waals surface area contributed by atoms with Crippen molar-refractivity contribution >= 4 is 35.1 Å². The van der Waals surface area contributed by atoms with Gasteiger partial charge in [0.05, 0.1) is 23.8 Å². The van der Waals surface area contributed by atoms with Crippen LogP contribution < -0.4 is 15.5 Å². The Hall–Kier alpha value is -3.95. The molecule has 3 fully saturated rings. The van der Waals surface area contributed by atoms with Crippen LogP contribution in [0.1, 0.15) is 60.5 Å². The Morgan fingerprint density at radius 1 is 1.00 bits per heavy atom. The second-order valence-electron chi connectivity index (χ2n) is 10.3. The number of benzene rings is 1. The molecule has 2 aliphatic carbocycles. The van der Waals surface area contributed by atoms with Gasteiger partial charge < -0.3 is 25.5 Å². The summed E-state index contributed by atoms with van der Waals surface area (Å²) in [5, 5.41) is 15.2. The Kier molecular flexibility index (Phi) is 7.57. The largest absolute Gasteiger partial charge is 0.481 e. The Morgan fingerprint density at radius 2 is 1.79 bits per heavy atom. The molecule has 3 N–H and O–H groups in total. The van der Waals surface area contributed by atoms with E-state index < -0.39 is 17.9 Å². The molecule has 3 amide bonds. The van der Waals surface area contributed by atoms with E-state index in [-0.39, 0.29) is 30.1 Å². The molecule has 0 spiro atoms. The highest BCUT2D eigenvalue weighted by Crippen LogP contribution is 2.35. The molecule has 38 heavy (non-hydrogen) atoms. The summed E-state index contributed by atoms with van der Waals surface area (Å²) in [6.07, 6.45) is 7.32. The quantitative estimate of drug-likeness (QED) is 0.464. The minimum atomic E-state index is -1.04. The van der Waals surface area contributed by atoms with Gasteiger partial charge in [0, 0.05) is 56.0 Å². The maximum atomic E-state index is 13.2. The van der Waals surface area contributed by atoms with Gasteiger partial charge in [0.25, 0.3) is 5.91 Å². The van der Waals surface area contributed by atoms with Crippen molar-refractivity contribution in [2.75, 3.05) is 36.4 Å². The minimum absolute atomic E-state index is 0.0124. The normalized spacial score (nSPS) is 18.3. The number of hydrogen-bond acceptors (Lipinski definition) is 6. The lowest BCUT2D eigenvalue weighted by atomic mass is 10.0. The lowest BCUT2D eigenvalue weighted by Gasteiger charge is -2.27. The standard InChI is InChI=1S/C28H33N5O5/c34-25(35)16-22(21-3-1-10-29-17-21)30-27(37)20-8-9-24(23(15-20)31-26(36)18-4-5-18)32-11-2-12-33(14-13-32)28(38)19-6-7-19/h1,3,8-10,15,17-19,22H,2,4-7,11-14,16H2,(H,30,37)(H,31,36)(H,34,35). The van der Waals surface area contributed by atoms with Crippen LogP contribution in [0, 0.1) is 11.8 Å². The molecule has 2 heterocycles. The fourth-order valence-corrected chi connectivity index (χ4v) is 4.85. The molecule has 1 aromatic carbocycles. The van der Waals surface area contributed by atoms with Gasteiger partial charge in [0.15, 0.2) is 0 Å². The molecule has 0 radical (unpaired) electrons. The van der Waals surface area contributed by atoms with E-state index in [2.05, 4.69) is 20.5 Å². The number of carboxylic acid groups (broad SMARTS) is 1. The maximum absolute atomic E-state index is 13.2. The predicted octanol–water partition coefficient (Wildman–Crippen LogP) is 2.82. The molecule has 10 nitrogen and oxygen atoms in total. The van der Waals surface area contributed by atoms with Gasteiger partial charge in [-0.25, -0.2) is 0 Å². The molecule has 1 atom stereocenters. The zero-order valence-electron chi connectivity index (χ0n) is 21.3. The molecule has 2 aromatic rings. The van der Waals surface area contributed by atoms with E-state index in [1.54, 1.807) is 30.5 Å². The second-order valence-corrected chi connectivity index (χ2v) is 10.3. The molecule has 10 heteroatoms. The summed E-state index contributed by atoms with van der Waals surface area (Å²) in [6, 6.07) is 7.84. The van der Waals surface area contributed by atoms with Crippen LogP contribution in [0.2, 0.25) is 0 Å². The van der Waals surface area contributed by atoms with Crippen LogP contribution in [0.25, 0.3) is 0 Å². The molecule has 1 aliphatic heterocycles. The van der Waals surface area contributed by atoms with Crippen LogP contribution in [-0.4, -0.2) is 64.9 Å². The number of carbonyl (C=O) groups is 4. The van der Waals surface area contributed by atoms with E-state index in [0.29, 0.717) is 29.9 Å². The smallest absolute Gasteiger partial charge is 0.305 e. The van der Waals surface area contributed by atoms with Gasteiger partial charge in [-0.05, 0) is 61.9 Å². The summed E-state index contributed by atoms with van der Waals surface area (Å²) >= 11 is 0. The van der Waals surface area contributed by atoms with Crippen LogP contribution in [0.4, 0.5) is 11.4 Å². The first-order valence-corrected chi connectivity index (χ1v) is 13.3. The van der Waals surface area contributed by atoms with Crippen LogP contribution in [0.5, 0.6) is 0 Å². The van der Waals surface area contributed by atoms with E-state index in [0.717, 1.165) is 50.9 Å². The fourth-order valence-electron chi connectivity index (χ4n) is 4.85. The first-order chi connectivity index (χ1) is 18.4. The number of carbonyl (C=O) groups excluding carboxylic acids is 3. The monoisotopic (exact) mass is 519 g/mol. The van der Waals surface area contributed by atoms with Crippen molar-refractivity contribution in [3.8, 4) is 0 Å². The molecule has 200 valence electrons. The second kappa shape index (κ2) is 11.2. The summed E-state index contributed by atoms with van der Waals surface area (Å²) in [5.74, 6) is -1.13. The Balaban J connectivity index is 1.36. The Bertz CT molecular complexity index is 1210. The highest BCUT2D eigenvalue weighted by Gasteiger charge is 2.34. The van der Waals surface area contributed by atoms with Gasteiger partial charge >= 0.3 is 5.97 Å². The van der Waals surface area contributed by atoms with Gasteiger partial charge in [0.1, 0.15) is 0 Å². The average Bonchev–Trinajstić information content (AvgIpc) is 3.80. The first-order valence-electron chi connectivity index (χ1n) is 13.3. The molecule has 5 rings (SSSR count). The Morgan fingerprint density at radius 3 is 2.47 bits per heavy atom. The van der Waals surface area contributed by atoms with E-state index in [4.69, 9.17) is 0 Å². The fraction of sp³-hybridized carbons (Fsp3) is 0.464.